The molecule has 1 rings (SSSR count). The lowest BCUT2D eigenvalue weighted by Gasteiger charge is -2.12. The number of alkyl carbamates (subject to hydrolysis) is 1. The van der Waals surface area contributed by atoms with Crippen molar-refractivity contribution in [2.45, 2.75) is 44.8 Å². The van der Waals surface area contributed by atoms with Crippen LogP contribution in [0.15, 0.2) is 43.0 Å². The van der Waals surface area contributed by atoms with E-state index in [1.165, 1.54) is 6.08 Å². The van der Waals surface area contributed by atoms with Crippen molar-refractivity contribution in [2.75, 3.05) is 6.54 Å². The summed E-state index contributed by atoms with van der Waals surface area (Å²) in [5.74, 6) is -1.37. The van der Waals surface area contributed by atoms with E-state index in [0.717, 1.165) is 12.0 Å². The fourth-order valence-electron chi connectivity index (χ4n) is 2.21. The number of benzene rings is 1. The average molecular weight is 362 g/mol. The number of amides is 2. The van der Waals surface area contributed by atoms with E-state index in [2.05, 4.69) is 17.2 Å². The van der Waals surface area contributed by atoms with Crippen molar-refractivity contribution in [2.24, 2.45) is 0 Å². The Morgan fingerprint density at radius 1 is 1.15 bits per heavy atom. The fourth-order valence-corrected chi connectivity index (χ4v) is 2.21. The predicted octanol–water partition coefficient (Wildman–Crippen LogP) is 2.62. The molecule has 0 bridgehead atoms. The molecule has 1 aromatic rings. The topological polar surface area (TPSA) is 105 Å². The average Bonchev–Trinajstić information content (AvgIpc) is 2.63. The molecule has 0 radical (unpaired) electrons. The third-order valence-corrected chi connectivity index (χ3v) is 3.60. The Labute approximate surface area is 153 Å². The van der Waals surface area contributed by atoms with Crippen molar-refractivity contribution >= 4 is 18.0 Å². The molecule has 0 aliphatic rings. The fraction of sp³-hybridized carbons (Fsp3) is 0.421. The van der Waals surface area contributed by atoms with E-state index in [1.807, 2.05) is 30.3 Å². The molecule has 0 aliphatic heterocycles. The first-order valence-electron chi connectivity index (χ1n) is 8.60. The van der Waals surface area contributed by atoms with Gasteiger partial charge in [-0.25, -0.2) is 9.59 Å². The molecular formula is C19H26N2O5. The van der Waals surface area contributed by atoms with Gasteiger partial charge in [-0.1, -0.05) is 42.8 Å². The summed E-state index contributed by atoms with van der Waals surface area (Å²) in [4.78, 5) is 34.2. The van der Waals surface area contributed by atoms with Crippen molar-refractivity contribution in [3.63, 3.8) is 0 Å². The molecule has 0 fully saturated rings. The molecule has 0 aliphatic carbocycles. The second kappa shape index (κ2) is 12.5. The number of carboxylic acid groups (broad SMARTS) is 1. The molecule has 3 N–H and O–H groups in total. The van der Waals surface area contributed by atoms with Crippen LogP contribution in [-0.4, -0.2) is 35.7 Å². The normalized spacial score (nSPS) is 11.2. The highest BCUT2D eigenvalue weighted by atomic mass is 16.5. The molecule has 2 amide bonds. The van der Waals surface area contributed by atoms with Crippen LogP contribution in [0.3, 0.4) is 0 Å². The maximum atomic E-state index is 11.7. The number of hydrogen-bond donors (Lipinski definition) is 3. The van der Waals surface area contributed by atoms with Crippen LogP contribution in [0.4, 0.5) is 4.79 Å². The number of carboxylic acids is 1. The second-order valence-corrected chi connectivity index (χ2v) is 5.78. The van der Waals surface area contributed by atoms with E-state index >= 15 is 0 Å². The lowest BCUT2D eigenvalue weighted by atomic mass is 10.1. The van der Waals surface area contributed by atoms with Gasteiger partial charge in [-0.2, -0.15) is 0 Å². The number of hydrogen-bond acceptors (Lipinski definition) is 4. The minimum atomic E-state index is -1.07. The molecule has 1 aromatic carbocycles. The number of unbranched alkanes of at least 4 members (excludes halogenated alkanes) is 2. The first-order chi connectivity index (χ1) is 12.5. The summed E-state index contributed by atoms with van der Waals surface area (Å²) in [6.45, 7) is 4.16. The van der Waals surface area contributed by atoms with Gasteiger partial charge < -0.3 is 20.5 Å². The largest absolute Gasteiger partial charge is 0.480 e. The first kappa shape index (κ1) is 21.2. The van der Waals surface area contributed by atoms with Gasteiger partial charge in [0.1, 0.15) is 12.6 Å². The molecule has 0 aromatic heterocycles. The molecular weight excluding hydrogens is 336 g/mol. The molecule has 0 spiro atoms. The summed E-state index contributed by atoms with van der Waals surface area (Å²) < 4.78 is 5.08. The van der Waals surface area contributed by atoms with E-state index in [-0.39, 0.29) is 25.4 Å². The van der Waals surface area contributed by atoms with Gasteiger partial charge in [0.25, 0.3) is 0 Å². The van der Waals surface area contributed by atoms with Crippen molar-refractivity contribution < 1.29 is 24.2 Å². The summed E-state index contributed by atoms with van der Waals surface area (Å²) in [5, 5.41) is 14.1. The summed E-state index contributed by atoms with van der Waals surface area (Å²) >= 11 is 0. The van der Waals surface area contributed by atoms with E-state index < -0.39 is 18.1 Å². The molecule has 142 valence electrons. The number of aliphatic carboxylic acids is 1. The van der Waals surface area contributed by atoms with Gasteiger partial charge >= 0.3 is 12.1 Å². The SMILES string of the molecule is C=CC[C@@H](NC(=O)CCCCCNC(=O)OCc1ccccc1)C(=O)O. The number of carbonyl (C=O) groups is 3. The number of rotatable bonds is 12. The highest BCUT2D eigenvalue weighted by molar-refractivity contribution is 5.83. The van der Waals surface area contributed by atoms with E-state index in [0.29, 0.717) is 19.4 Å². The smallest absolute Gasteiger partial charge is 0.407 e. The zero-order chi connectivity index (χ0) is 19.2. The summed E-state index contributed by atoms with van der Waals surface area (Å²) in [6.07, 6.45) is 3.50. The minimum Gasteiger partial charge on any atom is -0.480 e. The van der Waals surface area contributed by atoms with Crippen LogP contribution in [-0.2, 0) is 20.9 Å². The number of ether oxygens (including phenoxy) is 1. The van der Waals surface area contributed by atoms with Gasteiger partial charge in [0.2, 0.25) is 5.91 Å². The molecule has 1 atom stereocenters. The maximum absolute atomic E-state index is 11.7. The third-order valence-electron chi connectivity index (χ3n) is 3.60. The van der Waals surface area contributed by atoms with E-state index in [9.17, 15) is 14.4 Å². The van der Waals surface area contributed by atoms with Gasteiger partial charge in [0, 0.05) is 13.0 Å². The Bertz CT molecular complexity index is 589. The Morgan fingerprint density at radius 2 is 1.88 bits per heavy atom. The van der Waals surface area contributed by atoms with Gasteiger partial charge in [-0.05, 0) is 24.8 Å². The Hall–Kier alpha value is -2.83. The van der Waals surface area contributed by atoms with Gasteiger partial charge in [-0.3, -0.25) is 4.79 Å². The highest BCUT2D eigenvalue weighted by Crippen LogP contribution is 2.02. The van der Waals surface area contributed by atoms with Crippen LogP contribution in [0.1, 0.15) is 37.7 Å². The Morgan fingerprint density at radius 3 is 2.54 bits per heavy atom. The molecule has 0 heterocycles. The van der Waals surface area contributed by atoms with Crippen LogP contribution in [0, 0.1) is 0 Å². The molecule has 0 saturated heterocycles. The van der Waals surface area contributed by atoms with Crippen LogP contribution < -0.4 is 10.6 Å². The van der Waals surface area contributed by atoms with E-state index in [1.54, 1.807) is 0 Å². The quantitative estimate of drug-likeness (QED) is 0.392. The van der Waals surface area contributed by atoms with Crippen LogP contribution in [0.25, 0.3) is 0 Å². The van der Waals surface area contributed by atoms with Crippen molar-refractivity contribution in [3.8, 4) is 0 Å². The van der Waals surface area contributed by atoms with Gasteiger partial charge in [0.05, 0.1) is 0 Å². The monoisotopic (exact) mass is 362 g/mol. The highest BCUT2D eigenvalue weighted by Gasteiger charge is 2.17. The van der Waals surface area contributed by atoms with Crippen LogP contribution >= 0.6 is 0 Å². The summed E-state index contributed by atoms with van der Waals surface area (Å²) in [6, 6.07) is 8.47. The lowest BCUT2D eigenvalue weighted by molar-refractivity contribution is -0.141. The number of carbonyl (C=O) groups excluding carboxylic acids is 2. The standard InChI is InChI=1S/C19H26N2O5/c1-2-9-16(18(23)24)21-17(22)12-7-4-8-13-20-19(25)26-14-15-10-5-3-6-11-15/h2-3,5-6,10-11,16H,1,4,7-9,12-14H2,(H,20,25)(H,21,22)(H,23,24)/t16-/m1/s1. The molecule has 26 heavy (non-hydrogen) atoms. The third kappa shape index (κ3) is 9.46. The number of nitrogens with one attached hydrogen (secondary N) is 2. The van der Waals surface area contributed by atoms with Crippen LogP contribution in [0.2, 0.25) is 0 Å². The van der Waals surface area contributed by atoms with Crippen molar-refractivity contribution in [1.29, 1.82) is 0 Å². The van der Waals surface area contributed by atoms with Crippen molar-refractivity contribution in [3.05, 3.63) is 48.6 Å². The zero-order valence-corrected chi connectivity index (χ0v) is 14.8. The Kier molecular flexibility index (Phi) is 10.2. The predicted molar refractivity (Wildman–Crippen MR) is 97.5 cm³/mol. The van der Waals surface area contributed by atoms with Gasteiger partial charge in [-0.15, -0.1) is 6.58 Å². The van der Waals surface area contributed by atoms with Gasteiger partial charge in [0.15, 0.2) is 0 Å². The molecule has 7 heteroatoms. The van der Waals surface area contributed by atoms with Crippen LogP contribution in [0.5, 0.6) is 0 Å². The maximum Gasteiger partial charge on any atom is 0.407 e. The summed E-state index contributed by atoms with van der Waals surface area (Å²) in [7, 11) is 0. The molecule has 0 unspecified atom stereocenters. The van der Waals surface area contributed by atoms with E-state index in [4.69, 9.17) is 9.84 Å². The Balaban J connectivity index is 2.06. The van der Waals surface area contributed by atoms with Crippen molar-refractivity contribution in [1.82, 2.24) is 10.6 Å². The lowest BCUT2D eigenvalue weighted by Crippen LogP contribution is -2.40. The summed E-state index contributed by atoms with van der Waals surface area (Å²) in [5.41, 5.74) is 0.921. The molecule has 7 nitrogen and oxygen atoms in total. The first-order valence-corrected chi connectivity index (χ1v) is 8.60. The molecule has 0 saturated carbocycles. The minimum absolute atomic E-state index is 0.191. The zero-order valence-electron chi connectivity index (χ0n) is 14.8. The second-order valence-electron chi connectivity index (χ2n) is 5.78.